The second-order valence-electron chi connectivity index (χ2n) is 4.70. The highest BCUT2D eigenvalue weighted by Gasteiger charge is 2.17. The van der Waals surface area contributed by atoms with Crippen molar-refractivity contribution in [3.8, 4) is 0 Å². The van der Waals surface area contributed by atoms with E-state index in [1.54, 1.807) is 31.7 Å². The molecule has 1 amide bonds. The lowest BCUT2D eigenvalue weighted by Gasteiger charge is -2.12. The van der Waals surface area contributed by atoms with Crippen LogP contribution in [-0.2, 0) is 0 Å². The molecule has 0 unspecified atom stereocenters. The van der Waals surface area contributed by atoms with Crippen LogP contribution in [0.15, 0.2) is 29.1 Å². The normalized spacial score (nSPS) is 10.5. The summed E-state index contributed by atoms with van der Waals surface area (Å²) >= 11 is 3.35. The number of rotatable bonds is 4. The number of nitrogens with zero attached hydrogens (tertiary/aromatic N) is 3. The van der Waals surface area contributed by atoms with Crippen LogP contribution in [-0.4, -0.2) is 27.9 Å². The molecule has 21 heavy (non-hydrogen) atoms. The summed E-state index contributed by atoms with van der Waals surface area (Å²) in [6, 6.07) is 1.71. The van der Waals surface area contributed by atoms with E-state index < -0.39 is 0 Å². The van der Waals surface area contributed by atoms with Crippen molar-refractivity contribution in [3.05, 3.63) is 40.6 Å². The summed E-state index contributed by atoms with van der Waals surface area (Å²) in [6.45, 7) is 3.96. The van der Waals surface area contributed by atoms with Crippen LogP contribution in [0.1, 0.15) is 36.1 Å². The van der Waals surface area contributed by atoms with Gasteiger partial charge in [-0.25, -0.2) is 9.97 Å². The standard InChI is InChI=1S/C14H16BrN5O/c1-8(2)13-18-7-11(16-3)12(20-13)14(21)19-10-4-5-17-6-9(10)15/h4-8,16H,1-3H3,(H,17,19,21). The fourth-order valence-corrected chi connectivity index (χ4v) is 2.04. The Morgan fingerprint density at radius 2 is 2.05 bits per heavy atom. The van der Waals surface area contributed by atoms with Crippen molar-refractivity contribution in [3.63, 3.8) is 0 Å². The lowest BCUT2D eigenvalue weighted by molar-refractivity contribution is 0.102. The van der Waals surface area contributed by atoms with E-state index in [2.05, 4.69) is 41.5 Å². The van der Waals surface area contributed by atoms with Gasteiger partial charge in [0.2, 0.25) is 0 Å². The Morgan fingerprint density at radius 1 is 1.29 bits per heavy atom. The first-order chi connectivity index (χ1) is 10.0. The van der Waals surface area contributed by atoms with Crippen molar-refractivity contribution in [1.29, 1.82) is 0 Å². The predicted molar refractivity (Wildman–Crippen MR) is 85.6 cm³/mol. The monoisotopic (exact) mass is 349 g/mol. The third kappa shape index (κ3) is 3.55. The van der Waals surface area contributed by atoms with E-state index >= 15 is 0 Å². The number of nitrogens with one attached hydrogen (secondary N) is 2. The molecule has 110 valence electrons. The number of aromatic nitrogens is 3. The third-order valence-corrected chi connectivity index (χ3v) is 3.46. The van der Waals surface area contributed by atoms with Gasteiger partial charge in [0.05, 0.1) is 22.0 Å². The first-order valence-corrected chi connectivity index (χ1v) is 7.27. The lowest BCUT2D eigenvalue weighted by Crippen LogP contribution is -2.18. The van der Waals surface area contributed by atoms with Crippen LogP contribution < -0.4 is 10.6 Å². The number of carbonyl (C=O) groups excluding carboxylic acids is 1. The van der Waals surface area contributed by atoms with E-state index in [-0.39, 0.29) is 11.8 Å². The molecular formula is C14H16BrN5O. The Kier molecular flexibility index (Phi) is 4.85. The fourth-order valence-electron chi connectivity index (χ4n) is 1.69. The first kappa shape index (κ1) is 15.4. The van der Waals surface area contributed by atoms with Crippen LogP contribution in [0.5, 0.6) is 0 Å². The molecule has 0 radical (unpaired) electrons. The van der Waals surface area contributed by atoms with E-state index in [4.69, 9.17) is 0 Å². The van der Waals surface area contributed by atoms with Gasteiger partial charge in [-0.05, 0) is 22.0 Å². The molecule has 0 saturated heterocycles. The maximum Gasteiger partial charge on any atom is 0.276 e. The van der Waals surface area contributed by atoms with Gasteiger partial charge in [0, 0.05) is 25.4 Å². The summed E-state index contributed by atoms with van der Waals surface area (Å²) in [7, 11) is 1.73. The smallest absolute Gasteiger partial charge is 0.276 e. The van der Waals surface area contributed by atoms with Gasteiger partial charge in [0.15, 0.2) is 5.69 Å². The molecule has 2 aromatic heterocycles. The second kappa shape index (κ2) is 6.62. The maximum absolute atomic E-state index is 12.4. The second-order valence-corrected chi connectivity index (χ2v) is 5.56. The van der Waals surface area contributed by atoms with Crippen LogP contribution in [0.3, 0.4) is 0 Å². The van der Waals surface area contributed by atoms with E-state index in [0.29, 0.717) is 27.4 Å². The van der Waals surface area contributed by atoms with Gasteiger partial charge < -0.3 is 10.6 Å². The summed E-state index contributed by atoms with van der Waals surface area (Å²) in [5, 5.41) is 5.74. The van der Waals surface area contributed by atoms with Gasteiger partial charge in [0.25, 0.3) is 5.91 Å². The number of amides is 1. The van der Waals surface area contributed by atoms with Crippen LogP contribution in [0.4, 0.5) is 11.4 Å². The van der Waals surface area contributed by atoms with Crippen molar-refractivity contribution in [2.24, 2.45) is 0 Å². The molecule has 7 heteroatoms. The Bertz CT molecular complexity index is 660. The molecule has 0 aromatic carbocycles. The number of hydrogen-bond donors (Lipinski definition) is 2. The molecule has 2 N–H and O–H groups in total. The van der Waals surface area contributed by atoms with Crippen molar-refractivity contribution in [2.75, 3.05) is 17.7 Å². The SMILES string of the molecule is CNc1cnc(C(C)C)nc1C(=O)Nc1ccncc1Br. The third-order valence-electron chi connectivity index (χ3n) is 2.83. The average Bonchev–Trinajstić information content (AvgIpc) is 2.48. The Morgan fingerprint density at radius 3 is 2.67 bits per heavy atom. The molecule has 0 fully saturated rings. The molecule has 2 rings (SSSR count). The van der Waals surface area contributed by atoms with E-state index in [1.165, 1.54) is 0 Å². The first-order valence-electron chi connectivity index (χ1n) is 6.48. The van der Waals surface area contributed by atoms with E-state index in [0.717, 1.165) is 0 Å². The quantitative estimate of drug-likeness (QED) is 0.886. The number of pyridine rings is 1. The van der Waals surface area contributed by atoms with Gasteiger partial charge in [-0.1, -0.05) is 13.8 Å². The predicted octanol–water partition coefficient (Wildman–Crippen LogP) is 3.05. The highest BCUT2D eigenvalue weighted by atomic mass is 79.9. The number of carbonyl (C=O) groups is 1. The highest BCUT2D eigenvalue weighted by molar-refractivity contribution is 9.10. The van der Waals surface area contributed by atoms with Gasteiger partial charge in [-0.3, -0.25) is 9.78 Å². The van der Waals surface area contributed by atoms with Crippen LogP contribution in [0, 0.1) is 0 Å². The van der Waals surface area contributed by atoms with E-state index in [9.17, 15) is 4.79 Å². The van der Waals surface area contributed by atoms with Gasteiger partial charge in [0.1, 0.15) is 5.82 Å². The summed E-state index contributed by atoms with van der Waals surface area (Å²) < 4.78 is 0.711. The van der Waals surface area contributed by atoms with Crippen molar-refractivity contribution in [2.45, 2.75) is 19.8 Å². The Hall–Kier alpha value is -2.02. The molecule has 2 heterocycles. The zero-order chi connectivity index (χ0) is 15.4. The highest BCUT2D eigenvalue weighted by Crippen LogP contribution is 2.22. The van der Waals surface area contributed by atoms with E-state index in [1.807, 2.05) is 13.8 Å². The minimum atomic E-state index is -0.296. The zero-order valence-corrected chi connectivity index (χ0v) is 13.6. The zero-order valence-electron chi connectivity index (χ0n) is 12.0. The van der Waals surface area contributed by atoms with Crippen LogP contribution in [0.25, 0.3) is 0 Å². The minimum Gasteiger partial charge on any atom is -0.385 e. The molecule has 2 aromatic rings. The van der Waals surface area contributed by atoms with Gasteiger partial charge in [-0.2, -0.15) is 0 Å². The maximum atomic E-state index is 12.4. The molecular weight excluding hydrogens is 334 g/mol. The summed E-state index contributed by atoms with van der Waals surface area (Å²) in [5.74, 6) is 0.485. The molecule has 0 aliphatic rings. The molecule has 0 spiro atoms. The molecule has 0 saturated carbocycles. The lowest BCUT2D eigenvalue weighted by atomic mass is 10.2. The average molecular weight is 350 g/mol. The largest absolute Gasteiger partial charge is 0.385 e. The van der Waals surface area contributed by atoms with Crippen LogP contribution >= 0.6 is 15.9 Å². The topological polar surface area (TPSA) is 79.8 Å². The van der Waals surface area contributed by atoms with Crippen molar-refractivity contribution >= 4 is 33.2 Å². The molecule has 0 aliphatic heterocycles. The fraction of sp³-hybridized carbons (Fsp3) is 0.286. The van der Waals surface area contributed by atoms with Crippen molar-refractivity contribution < 1.29 is 4.79 Å². The minimum absolute atomic E-state index is 0.148. The summed E-state index contributed by atoms with van der Waals surface area (Å²) in [4.78, 5) is 25.0. The summed E-state index contributed by atoms with van der Waals surface area (Å²) in [5.41, 5.74) is 1.55. The summed E-state index contributed by atoms with van der Waals surface area (Å²) in [6.07, 6.45) is 4.85. The Balaban J connectivity index is 2.34. The molecule has 0 atom stereocenters. The van der Waals surface area contributed by atoms with Crippen LogP contribution in [0.2, 0.25) is 0 Å². The molecule has 0 aliphatic carbocycles. The van der Waals surface area contributed by atoms with Gasteiger partial charge in [-0.15, -0.1) is 0 Å². The number of anilines is 2. The number of halogens is 1. The Labute approximate surface area is 131 Å². The van der Waals surface area contributed by atoms with Gasteiger partial charge >= 0.3 is 0 Å². The number of hydrogen-bond acceptors (Lipinski definition) is 5. The molecule has 6 nitrogen and oxygen atoms in total. The molecule has 0 bridgehead atoms. The van der Waals surface area contributed by atoms with Crippen molar-refractivity contribution in [1.82, 2.24) is 15.0 Å².